The van der Waals surface area contributed by atoms with Gasteiger partial charge in [0.05, 0.1) is 23.8 Å². The Labute approximate surface area is 193 Å². The van der Waals surface area contributed by atoms with Crippen molar-refractivity contribution in [2.24, 2.45) is 0 Å². The summed E-state index contributed by atoms with van der Waals surface area (Å²) in [5.74, 6) is -0.856. The summed E-state index contributed by atoms with van der Waals surface area (Å²) in [6, 6.07) is 3.59. The van der Waals surface area contributed by atoms with Crippen LogP contribution in [-0.2, 0) is 4.79 Å². The van der Waals surface area contributed by atoms with Crippen molar-refractivity contribution in [3.8, 4) is 0 Å². The van der Waals surface area contributed by atoms with E-state index in [0.717, 1.165) is 24.7 Å². The Hall–Kier alpha value is -3.83. The van der Waals surface area contributed by atoms with Crippen LogP contribution in [0.5, 0.6) is 0 Å². The maximum absolute atomic E-state index is 13.1. The first kappa shape index (κ1) is 24.8. The minimum Gasteiger partial charge on any atom is -0.382 e. The second-order valence-corrected chi connectivity index (χ2v) is 7.70. The van der Waals surface area contributed by atoms with Crippen LogP contribution in [-0.4, -0.2) is 52.1 Å². The monoisotopic (exact) mass is 475 g/mol. The summed E-state index contributed by atoms with van der Waals surface area (Å²) in [7, 11) is 1.31. The predicted octanol–water partition coefficient (Wildman–Crippen LogP) is 3.26. The summed E-state index contributed by atoms with van der Waals surface area (Å²) in [5, 5.41) is 15.4. The number of carbonyl (C=O) groups is 2. The Morgan fingerprint density at radius 3 is 2.50 bits per heavy atom. The lowest BCUT2D eigenvalue weighted by atomic mass is 10.0. The summed E-state index contributed by atoms with van der Waals surface area (Å²) in [5.41, 5.74) is 1.40. The highest BCUT2D eigenvalue weighted by Crippen LogP contribution is 2.40. The van der Waals surface area contributed by atoms with Gasteiger partial charge in [-0.15, -0.1) is 0 Å². The molecule has 9 nitrogen and oxygen atoms in total. The number of pyridine rings is 1. The van der Waals surface area contributed by atoms with Crippen molar-refractivity contribution < 1.29 is 22.8 Å². The molecule has 0 unspecified atom stereocenters. The molecule has 1 aliphatic carbocycles. The molecule has 0 atom stereocenters. The Bertz CT molecular complexity index is 1080. The van der Waals surface area contributed by atoms with Crippen LogP contribution in [0.1, 0.15) is 47.8 Å². The number of anilines is 2. The average Bonchev–Trinajstić information content (AvgIpc) is 3.66. The number of amides is 1. The van der Waals surface area contributed by atoms with Crippen LogP contribution < -0.4 is 16.0 Å². The van der Waals surface area contributed by atoms with E-state index in [1.165, 1.54) is 25.8 Å². The lowest BCUT2D eigenvalue weighted by Gasteiger charge is -2.13. The van der Waals surface area contributed by atoms with Crippen molar-refractivity contribution in [2.75, 3.05) is 18.9 Å². The molecule has 3 rings (SSSR count). The van der Waals surface area contributed by atoms with Gasteiger partial charge in [-0.1, -0.05) is 0 Å². The van der Waals surface area contributed by atoms with Crippen LogP contribution in [0.25, 0.3) is 0 Å². The van der Waals surface area contributed by atoms with Crippen LogP contribution in [0, 0.1) is 5.41 Å². The molecule has 4 N–H and O–H groups in total. The molecule has 34 heavy (non-hydrogen) atoms. The highest BCUT2D eigenvalue weighted by molar-refractivity contribution is 6.44. The van der Waals surface area contributed by atoms with E-state index >= 15 is 0 Å². The molecule has 1 fully saturated rings. The molecule has 1 aliphatic rings. The number of halogens is 3. The molecule has 2 heterocycles. The van der Waals surface area contributed by atoms with Crippen molar-refractivity contribution in [2.45, 2.75) is 37.8 Å². The fourth-order valence-electron chi connectivity index (χ4n) is 3.11. The number of hydrogen-bond donors (Lipinski definition) is 4. The molecule has 0 spiro atoms. The zero-order chi connectivity index (χ0) is 24.7. The Balaban J connectivity index is 1.79. The standard InChI is InChI=1S/C22H24F3N7O2/c1-27-21(34)19(26)14(8-28-11-22(23,24)25)4-7-18(33)20-17(31-15-9-29-12-30-10-15)6-5-16(32-20)13-2-3-13/h5-6,8-10,12-13,26,28,31H,2-4,7,11H2,1H3,(H,27,34)/b14-8-,26-19?. The maximum Gasteiger partial charge on any atom is 0.405 e. The quantitative estimate of drug-likeness (QED) is 0.290. The van der Waals surface area contributed by atoms with Crippen LogP contribution in [0.2, 0.25) is 0 Å². The smallest absolute Gasteiger partial charge is 0.382 e. The maximum atomic E-state index is 13.1. The number of alkyl halides is 3. The second-order valence-electron chi connectivity index (χ2n) is 7.70. The summed E-state index contributed by atoms with van der Waals surface area (Å²) in [6.45, 7) is -1.33. The van der Waals surface area contributed by atoms with Crippen molar-refractivity contribution >= 4 is 28.8 Å². The lowest BCUT2D eigenvalue weighted by molar-refractivity contribution is -0.122. The largest absolute Gasteiger partial charge is 0.405 e. The van der Waals surface area contributed by atoms with Crippen LogP contribution in [0.15, 0.2) is 42.6 Å². The number of nitrogens with zero attached hydrogens (tertiary/aromatic N) is 3. The number of hydrogen-bond acceptors (Lipinski definition) is 8. The van der Waals surface area contributed by atoms with Crippen molar-refractivity contribution in [1.82, 2.24) is 25.6 Å². The van der Waals surface area contributed by atoms with Crippen molar-refractivity contribution in [1.29, 1.82) is 5.41 Å². The lowest BCUT2D eigenvalue weighted by Crippen LogP contribution is -2.30. The van der Waals surface area contributed by atoms with Gasteiger partial charge < -0.3 is 16.0 Å². The number of aromatic nitrogens is 3. The molecule has 1 amide bonds. The van der Waals surface area contributed by atoms with E-state index in [4.69, 9.17) is 5.41 Å². The predicted molar refractivity (Wildman–Crippen MR) is 119 cm³/mol. The van der Waals surface area contributed by atoms with E-state index in [1.807, 2.05) is 6.07 Å². The molecule has 0 aliphatic heterocycles. The molecular formula is C22H24F3N7O2. The first-order valence-corrected chi connectivity index (χ1v) is 10.5. The van der Waals surface area contributed by atoms with Gasteiger partial charge in [-0.05, 0) is 37.0 Å². The number of ketones is 1. The number of rotatable bonds is 11. The molecule has 0 radical (unpaired) electrons. The summed E-state index contributed by atoms with van der Waals surface area (Å²) in [4.78, 5) is 37.4. The number of carbonyl (C=O) groups excluding carboxylic acids is 2. The number of nitrogens with one attached hydrogen (secondary N) is 4. The molecule has 0 bridgehead atoms. The van der Waals surface area contributed by atoms with Gasteiger partial charge in [0.15, 0.2) is 5.78 Å². The van der Waals surface area contributed by atoms with Crippen molar-refractivity contribution in [3.05, 3.63) is 54.0 Å². The summed E-state index contributed by atoms with van der Waals surface area (Å²) in [6.07, 6.45) is 2.60. The third-order valence-electron chi connectivity index (χ3n) is 4.99. The van der Waals surface area contributed by atoms with Gasteiger partial charge in [0.2, 0.25) is 0 Å². The second kappa shape index (κ2) is 10.9. The van der Waals surface area contributed by atoms with Gasteiger partial charge >= 0.3 is 6.18 Å². The minimum absolute atomic E-state index is 0.0266. The first-order chi connectivity index (χ1) is 16.2. The van der Waals surface area contributed by atoms with Crippen LogP contribution >= 0.6 is 0 Å². The third-order valence-corrected chi connectivity index (χ3v) is 4.99. The minimum atomic E-state index is -4.47. The zero-order valence-electron chi connectivity index (χ0n) is 18.4. The Kier molecular flexibility index (Phi) is 7.92. The van der Waals surface area contributed by atoms with Gasteiger partial charge in [-0.25, -0.2) is 15.0 Å². The Morgan fingerprint density at radius 1 is 1.18 bits per heavy atom. The molecule has 180 valence electrons. The summed E-state index contributed by atoms with van der Waals surface area (Å²) >= 11 is 0. The SMILES string of the molecule is CNC(=O)C(=N)/C(=C\NCC(F)(F)F)CCC(=O)c1nc(C2CC2)ccc1Nc1cncnc1. The van der Waals surface area contributed by atoms with E-state index in [1.54, 1.807) is 6.07 Å². The molecule has 2 aromatic heterocycles. The van der Waals surface area contributed by atoms with E-state index in [-0.39, 0.29) is 29.9 Å². The van der Waals surface area contributed by atoms with E-state index < -0.39 is 24.3 Å². The normalized spacial score (nSPS) is 13.8. The Morgan fingerprint density at radius 2 is 1.88 bits per heavy atom. The van der Waals surface area contributed by atoms with E-state index in [2.05, 4.69) is 30.9 Å². The van der Waals surface area contributed by atoms with Gasteiger partial charge in [-0.2, -0.15) is 13.2 Å². The fourth-order valence-corrected chi connectivity index (χ4v) is 3.11. The van der Waals surface area contributed by atoms with Gasteiger partial charge in [0.25, 0.3) is 5.91 Å². The fraction of sp³-hybridized carbons (Fsp3) is 0.364. The van der Waals surface area contributed by atoms with Crippen molar-refractivity contribution in [3.63, 3.8) is 0 Å². The van der Waals surface area contributed by atoms with E-state index in [0.29, 0.717) is 17.3 Å². The summed E-state index contributed by atoms with van der Waals surface area (Å²) < 4.78 is 37.5. The molecule has 2 aromatic rings. The molecule has 1 saturated carbocycles. The molecular weight excluding hydrogens is 451 g/mol. The number of Topliss-reactive ketones (excluding diaryl/α,β-unsaturated/α-hetero) is 1. The van der Waals surface area contributed by atoms with Crippen LogP contribution in [0.4, 0.5) is 24.5 Å². The topological polar surface area (TPSA) is 133 Å². The average molecular weight is 475 g/mol. The zero-order valence-corrected chi connectivity index (χ0v) is 18.4. The highest BCUT2D eigenvalue weighted by Gasteiger charge is 2.28. The van der Waals surface area contributed by atoms with Gasteiger partial charge in [0, 0.05) is 31.3 Å². The van der Waals surface area contributed by atoms with Crippen LogP contribution in [0.3, 0.4) is 0 Å². The highest BCUT2D eigenvalue weighted by atomic mass is 19.4. The molecule has 0 saturated heterocycles. The van der Waals surface area contributed by atoms with Gasteiger partial charge in [0.1, 0.15) is 24.3 Å². The van der Waals surface area contributed by atoms with Gasteiger partial charge in [-0.3, -0.25) is 15.0 Å². The van der Waals surface area contributed by atoms with E-state index in [9.17, 15) is 22.8 Å². The molecule has 0 aromatic carbocycles. The third kappa shape index (κ3) is 7.09. The first-order valence-electron chi connectivity index (χ1n) is 10.5. The molecule has 12 heteroatoms.